The first kappa shape index (κ1) is 13.0. The Morgan fingerprint density at radius 3 is 3.06 bits per heavy atom. The molecule has 0 aromatic heterocycles. The van der Waals surface area contributed by atoms with E-state index in [1.54, 1.807) is 6.07 Å². The zero-order chi connectivity index (χ0) is 13.2. The average molecular weight is 251 g/mol. The zero-order valence-electron chi connectivity index (χ0n) is 10.5. The summed E-state index contributed by atoms with van der Waals surface area (Å²) in [5.41, 5.74) is 6.56. The van der Waals surface area contributed by atoms with Crippen LogP contribution in [-0.2, 0) is 21.5 Å². The minimum absolute atomic E-state index is 0.294. The fraction of sp³-hybridized carbons (Fsp3) is 0.500. The van der Waals surface area contributed by atoms with Gasteiger partial charge in [-0.25, -0.2) is 9.18 Å². The molecule has 1 aromatic rings. The van der Waals surface area contributed by atoms with Crippen molar-refractivity contribution in [1.29, 1.82) is 0 Å². The van der Waals surface area contributed by atoms with Gasteiger partial charge in [0.15, 0.2) is 0 Å². The fourth-order valence-corrected chi connectivity index (χ4v) is 2.32. The second-order valence-electron chi connectivity index (χ2n) is 4.76. The van der Waals surface area contributed by atoms with Gasteiger partial charge in [-0.3, -0.25) is 0 Å². The van der Waals surface area contributed by atoms with Crippen molar-refractivity contribution >= 4 is 5.97 Å². The molecular weight excluding hydrogens is 233 g/mol. The summed E-state index contributed by atoms with van der Waals surface area (Å²) in [5, 5.41) is 0. The minimum atomic E-state index is -1.10. The van der Waals surface area contributed by atoms with Crippen LogP contribution in [0.15, 0.2) is 18.2 Å². The predicted molar refractivity (Wildman–Crippen MR) is 66.5 cm³/mol. The van der Waals surface area contributed by atoms with Crippen LogP contribution in [-0.4, -0.2) is 12.6 Å². The summed E-state index contributed by atoms with van der Waals surface area (Å²) in [6, 6.07) is 4.38. The Labute approximate surface area is 106 Å². The summed E-state index contributed by atoms with van der Waals surface area (Å²) in [4.78, 5) is 12.0. The van der Waals surface area contributed by atoms with Gasteiger partial charge >= 0.3 is 5.97 Å². The Kier molecular flexibility index (Phi) is 3.66. The van der Waals surface area contributed by atoms with Crippen molar-refractivity contribution in [2.75, 3.05) is 6.61 Å². The topological polar surface area (TPSA) is 52.3 Å². The van der Waals surface area contributed by atoms with E-state index in [1.165, 1.54) is 12.1 Å². The number of carbonyl (C=O) groups excluding carboxylic acids is 1. The molecule has 0 amide bonds. The van der Waals surface area contributed by atoms with Crippen molar-refractivity contribution in [3.8, 4) is 0 Å². The summed E-state index contributed by atoms with van der Waals surface area (Å²) >= 11 is 0. The number of aryl methyl sites for hydroxylation is 1. The number of rotatable bonds is 4. The standard InChI is InChI=1S/C14H18FNO2/c1-2-3-8-18-13(17)14(16)7-6-10-9-11(15)4-5-12(10)14/h4-5,9H,2-3,6-8,16H2,1H3/t14-/m0/s1. The van der Waals surface area contributed by atoms with E-state index >= 15 is 0 Å². The number of hydrogen-bond acceptors (Lipinski definition) is 3. The molecule has 98 valence electrons. The van der Waals surface area contributed by atoms with Gasteiger partial charge in [0.05, 0.1) is 6.61 Å². The van der Waals surface area contributed by atoms with Gasteiger partial charge in [0, 0.05) is 0 Å². The number of hydrogen-bond donors (Lipinski definition) is 1. The molecule has 0 spiro atoms. The predicted octanol–water partition coefficient (Wildman–Crippen LogP) is 2.27. The maximum absolute atomic E-state index is 13.1. The van der Waals surface area contributed by atoms with Crippen molar-refractivity contribution in [1.82, 2.24) is 0 Å². The van der Waals surface area contributed by atoms with Gasteiger partial charge in [-0.05, 0) is 42.5 Å². The second-order valence-corrected chi connectivity index (χ2v) is 4.76. The lowest BCUT2D eigenvalue weighted by molar-refractivity contribution is -0.150. The van der Waals surface area contributed by atoms with Crippen LogP contribution in [0.25, 0.3) is 0 Å². The number of esters is 1. The molecule has 0 aliphatic heterocycles. The third kappa shape index (κ3) is 2.25. The number of ether oxygens (including phenoxy) is 1. The van der Waals surface area contributed by atoms with Crippen molar-refractivity contribution in [2.45, 2.75) is 38.1 Å². The first-order valence-electron chi connectivity index (χ1n) is 6.33. The van der Waals surface area contributed by atoms with Crippen LogP contribution in [0, 0.1) is 5.82 Å². The largest absolute Gasteiger partial charge is 0.464 e. The van der Waals surface area contributed by atoms with Crippen LogP contribution in [0.5, 0.6) is 0 Å². The van der Waals surface area contributed by atoms with Gasteiger partial charge in [-0.2, -0.15) is 0 Å². The molecule has 0 radical (unpaired) electrons. The van der Waals surface area contributed by atoms with Gasteiger partial charge in [0.25, 0.3) is 0 Å². The molecule has 0 saturated carbocycles. The highest BCUT2D eigenvalue weighted by Gasteiger charge is 2.43. The highest BCUT2D eigenvalue weighted by molar-refractivity contribution is 5.84. The van der Waals surface area contributed by atoms with Gasteiger partial charge in [-0.1, -0.05) is 19.4 Å². The van der Waals surface area contributed by atoms with Gasteiger partial charge in [0.1, 0.15) is 11.4 Å². The first-order valence-corrected chi connectivity index (χ1v) is 6.33. The van der Waals surface area contributed by atoms with E-state index in [4.69, 9.17) is 10.5 Å². The van der Waals surface area contributed by atoms with E-state index in [1.807, 2.05) is 6.92 Å². The summed E-state index contributed by atoms with van der Waals surface area (Å²) < 4.78 is 18.3. The molecule has 0 heterocycles. The summed E-state index contributed by atoms with van der Waals surface area (Å²) in [6.45, 7) is 2.42. The van der Waals surface area contributed by atoms with Crippen LogP contribution < -0.4 is 5.73 Å². The number of unbranched alkanes of at least 4 members (excludes halogenated alkanes) is 1. The molecule has 1 aromatic carbocycles. The SMILES string of the molecule is CCCCOC(=O)[C@]1(N)CCc2cc(F)ccc21. The van der Waals surface area contributed by atoms with E-state index in [0.717, 1.165) is 18.4 Å². The lowest BCUT2D eigenvalue weighted by atomic mass is 9.93. The van der Waals surface area contributed by atoms with Crippen molar-refractivity contribution < 1.29 is 13.9 Å². The van der Waals surface area contributed by atoms with Gasteiger partial charge in [0.2, 0.25) is 0 Å². The van der Waals surface area contributed by atoms with Crippen LogP contribution in [0.4, 0.5) is 4.39 Å². The first-order chi connectivity index (χ1) is 8.58. The normalized spacial score (nSPS) is 21.7. The molecule has 1 aliphatic carbocycles. The molecule has 2 N–H and O–H groups in total. The Balaban J connectivity index is 2.17. The fourth-order valence-electron chi connectivity index (χ4n) is 2.32. The Bertz CT molecular complexity index is 461. The van der Waals surface area contributed by atoms with Crippen LogP contribution in [0.3, 0.4) is 0 Å². The third-order valence-electron chi connectivity index (χ3n) is 3.43. The molecule has 1 aliphatic rings. The molecule has 4 heteroatoms. The monoisotopic (exact) mass is 251 g/mol. The molecule has 1 atom stereocenters. The number of nitrogens with two attached hydrogens (primary N) is 1. The molecule has 0 saturated heterocycles. The number of fused-ring (bicyclic) bond motifs is 1. The summed E-state index contributed by atoms with van der Waals surface area (Å²) in [7, 11) is 0. The van der Waals surface area contributed by atoms with Crippen LogP contribution >= 0.6 is 0 Å². The number of benzene rings is 1. The van der Waals surface area contributed by atoms with Crippen molar-refractivity contribution in [2.24, 2.45) is 5.73 Å². The zero-order valence-corrected chi connectivity index (χ0v) is 10.5. The maximum Gasteiger partial charge on any atom is 0.330 e. The third-order valence-corrected chi connectivity index (χ3v) is 3.43. The highest BCUT2D eigenvalue weighted by Crippen LogP contribution is 2.36. The molecule has 2 rings (SSSR count). The number of halogens is 1. The Morgan fingerprint density at radius 2 is 2.33 bits per heavy atom. The lowest BCUT2D eigenvalue weighted by Gasteiger charge is -2.23. The van der Waals surface area contributed by atoms with Gasteiger partial charge < -0.3 is 10.5 Å². The maximum atomic E-state index is 13.1. The Morgan fingerprint density at radius 1 is 1.56 bits per heavy atom. The quantitative estimate of drug-likeness (QED) is 0.659. The number of carbonyl (C=O) groups is 1. The smallest absolute Gasteiger partial charge is 0.330 e. The summed E-state index contributed by atoms with van der Waals surface area (Å²) in [5.74, 6) is -0.696. The lowest BCUT2D eigenvalue weighted by Crippen LogP contribution is -2.44. The molecule has 18 heavy (non-hydrogen) atoms. The van der Waals surface area contributed by atoms with Crippen LogP contribution in [0.2, 0.25) is 0 Å². The van der Waals surface area contributed by atoms with E-state index in [0.29, 0.717) is 25.0 Å². The van der Waals surface area contributed by atoms with E-state index in [9.17, 15) is 9.18 Å². The minimum Gasteiger partial charge on any atom is -0.464 e. The molecule has 0 bridgehead atoms. The molecule has 0 unspecified atom stereocenters. The summed E-state index contributed by atoms with van der Waals surface area (Å²) in [6.07, 6.45) is 2.90. The molecule has 0 fully saturated rings. The van der Waals surface area contributed by atoms with Crippen molar-refractivity contribution in [3.63, 3.8) is 0 Å². The Hall–Kier alpha value is -1.42. The molecule has 3 nitrogen and oxygen atoms in total. The van der Waals surface area contributed by atoms with E-state index in [2.05, 4.69) is 0 Å². The van der Waals surface area contributed by atoms with Crippen molar-refractivity contribution in [3.05, 3.63) is 35.1 Å². The second kappa shape index (κ2) is 5.06. The van der Waals surface area contributed by atoms with E-state index < -0.39 is 11.5 Å². The molecular formula is C14H18FNO2. The van der Waals surface area contributed by atoms with Gasteiger partial charge in [-0.15, -0.1) is 0 Å². The van der Waals surface area contributed by atoms with E-state index in [-0.39, 0.29) is 5.82 Å². The van der Waals surface area contributed by atoms with Crippen LogP contribution in [0.1, 0.15) is 37.3 Å². The highest BCUT2D eigenvalue weighted by atomic mass is 19.1. The average Bonchev–Trinajstić information content (AvgIpc) is 2.68.